The maximum absolute atomic E-state index is 11.7. The van der Waals surface area contributed by atoms with Crippen molar-refractivity contribution in [1.29, 1.82) is 0 Å². The molecule has 24 heavy (non-hydrogen) atoms. The van der Waals surface area contributed by atoms with E-state index in [9.17, 15) is 14.9 Å². The fourth-order valence-corrected chi connectivity index (χ4v) is 2.05. The Bertz CT molecular complexity index is 775. The van der Waals surface area contributed by atoms with Gasteiger partial charge in [-0.05, 0) is 42.3 Å². The van der Waals surface area contributed by atoms with Crippen molar-refractivity contribution in [2.45, 2.75) is 6.92 Å². The van der Waals surface area contributed by atoms with Gasteiger partial charge in [-0.15, -0.1) is 0 Å². The third-order valence-corrected chi connectivity index (χ3v) is 3.62. The van der Waals surface area contributed by atoms with Gasteiger partial charge in [-0.3, -0.25) is 14.9 Å². The molecule has 0 atom stereocenters. The molecular weight excluding hydrogens is 332 g/mol. The Balaban J connectivity index is 1.84. The molecule has 7 nitrogen and oxygen atoms in total. The van der Waals surface area contributed by atoms with E-state index in [0.29, 0.717) is 10.6 Å². The molecule has 0 bridgehead atoms. The van der Waals surface area contributed by atoms with Crippen LogP contribution in [0, 0.1) is 17.0 Å². The first kappa shape index (κ1) is 17.4. The highest BCUT2D eigenvalue weighted by atomic mass is 35.5. The van der Waals surface area contributed by atoms with Gasteiger partial charge in [0.1, 0.15) is 0 Å². The number of nitro groups is 1. The predicted octanol–water partition coefficient (Wildman–Crippen LogP) is 3.12. The lowest BCUT2D eigenvalue weighted by atomic mass is 10.2. The summed E-state index contributed by atoms with van der Waals surface area (Å²) in [6, 6.07) is 11.2. The first-order valence-corrected chi connectivity index (χ1v) is 7.40. The van der Waals surface area contributed by atoms with Crippen LogP contribution in [-0.2, 0) is 4.79 Å². The number of nitrogens with zero attached hydrogens (tertiary/aromatic N) is 2. The minimum Gasteiger partial charge on any atom is -0.376 e. The molecule has 0 spiro atoms. The van der Waals surface area contributed by atoms with Crippen molar-refractivity contribution in [2.24, 2.45) is 5.10 Å². The van der Waals surface area contributed by atoms with Gasteiger partial charge in [-0.2, -0.15) is 5.10 Å². The number of anilines is 1. The summed E-state index contributed by atoms with van der Waals surface area (Å²) in [5.74, 6) is -0.326. The van der Waals surface area contributed by atoms with Gasteiger partial charge in [-0.1, -0.05) is 17.7 Å². The van der Waals surface area contributed by atoms with Gasteiger partial charge in [0.05, 0.1) is 17.7 Å². The lowest BCUT2D eigenvalue weighted by molar-refractivity contribution is -0.384. The molecule has 124 valence electrons. The number of carbonyl (C=O) groups is 1. The van der Waals surface area contributed by atoms with Crippen LogP contribution >= 0.6 is 11.6 Å². The van der Waals surface area contributed by atoms with Crippen LogP contribution in [0.15, 0.2) is 47.6 Å². The summed E-state index contributed by atoms with van der Waals surface area (Å²) in [5.41, 5.74) is 4.65. The SMILES string of the molecule is Cc1c(Cl)cccc1NCC(=O)N/N=C/c1ccc([N+](=O)[O-])cc1. The zero-order chi connectivity index (χ0) is 17.5. The molecule has 0 unspecified atom stereocenters. The number of hydrogen-bond donors (Lipinski definition) is 2. The first-order chi connectivity index (χ1) is 11.5. The summed E-state index contributed by atoms with van der Waals surface area (Å²) >= 11 is 6.01. The quantitative estimate of drug-likeness (QED) is 0.477. The van der Waals surface area contributed by atoms with E-state index < -0.39 is 4.92 Å². The molecule has 2 N–H and O–H groups in total. The number of amides is 1. The predicted molar refractivity (Wildman–Crippen MR) is 93.5 cm³/mol. The molecular formula is C16H15ClN4O3. The summed E-state index contributed by atoms with van der Waals surface area (Å²) in [5, 5.41) is 18.0. The van der Waals surface area contributed by atoms with E-state index >= 15 is 0 Å². The highest BCUT2D eigenvalue weighted by molar-refractivity contribution is 6.31. The molecule has 0 aliphatic heterocycles. The standard InChI is InChI=1S/C16H15ClN4O3/c1-11-14(17)3-2-4-15(11)18-10-16(22)20-19-9-12-5-7-13(8-6-12)21(23)24/h2-9,18H,10H2,1H3,(H,20,22)/b19-9+. The van der Waals surface area contributed by atoms with Gasteiger partial charge in [0, 0.05) is 22.8 Å². The van der Waals surface area contributed by atoms with Crippen LogP contribution in [0.25, 0.3) is 0 Å². The number of hydrazone groups is 1. The van der Waals surface area contributed by atoms with E-state index in [0.717, 1.165) is 11.3 Å². The van der Waals surface area contributed by atoms with Crippen molar-refractivity contribution < 1.29 is 9.72 Å². The Hall–Kier alpha value is -2.93. The second kappa shape index (κ2) is 8.07. The maximum atomic E-state index is 11.7. The van der Waals surface area contributed by atoms with Crippen LogP contribution in [0.5, 0.6) is 0 Å². The average molecular weight is 347 g/mol. The molecule has 0 aliphatic carbocycles. The highest BCUT2D eigenvalue weighted by Gasteiger charge is 2.05. The van der Waals surface area contributed by atoms with Crippen LogP contribution in [0.3, 0.4) is 0 Å². The molecule has 8 heteroatoms. The van der Waals surface area contributed by atoms with Crippen molar-refractivity contribution >= 4 is 35.1 Å². The normalized spacial score (nSPS) is 10.6. The first-order valence-electron chi connectivity index (χ1n) is 7.02. The van der Waals surface area contributed by atoms with Gasteiger partial charge in [0.15, 0.2) is 0 Å². The van der Waals surface area contributed by atoms with Crippen LogP contribution in [0.2, 0.25) is 5.02 Å². The minimum absolute atomic E-state index is 0.00252. The Labute approximate surface area is 143 Å². The summed E-state index contributed by atoms with van der Waals surface area (Å²) in [6.45, 7) is 1.90. The maximum Gasteiger partial charge on any atom is 0.269 e. The van der Waals surface area contributed by atoms with E-state index in [1.54, 1.807) is 24.3 Å². The second-order valence-corrected chi connectivity index (χ2v) is 5.31. The molecule has 0 aromatic heterocycles. The summed E-state index contributed by atoms with van der Waals surface area (Å²) in [4.78, 5) is 21.8. The Kier molecular flexibility index (Phi) is 5.86. The Morgan fingerprint density at radius 2 is 2.00 bits per heavy atom. The molecule has 1 amide bonds. The zero-order valence-electron chi connectivity index (χ0n) is 12.8. The number of non-ortho nitro benzene ring substituents is 1. The van der Waals surface area contributed by atoms with E-state index in [4.69, 9.17) is 11.6 Å². The number of nitrogens with one attached hydrogen (secondary N) is 2. The average Bonchev–Trinajstić information content (AvgIpc) is 2.56. The lowest BCUT2D eigenvalue weighted by Crippen LogP contribution is -2.26. The fraction of sp³-hybridized carbons (Fsp3) is 0.125. The van der Waals surface area contributed by atoms with Crippen LogP contribution in [0.4, 0.5) is 11.4 Å². The summed E-state index contributed by atoms with van der Waals surface area (Å²) in [7, 11) is 0. The molecule has 0 heterocycles. The van der Waals surface area contributed by atoms with Crippen molar-refractivity contribution in [3.63, 3.8) is 0 Å². The van der Waals surface area contributed by atoms with Crippen LogP contribution in [-0.4, -0.2) is 23.6 Å². The van der Waals surface area contributed by atoms with E-state index in [1.807, 2.05) is 13.0 Å². The third-order valence-electron chi connectivity index (χ3n) is 3.21. The molecule has 0 fully saturated rings. The minimum atomic E-state index is -0.480. The molecule has 0 saturated carbocycles. The van der Waals surface area contributed by atoms with Crippen molar-refractivity contribution in [3.05, 3.63) is 68.7 Å². The van der Waals surface area contributed by atoms with Gasteiger partial charge in [-0.25, -0.2) is 5.43 Å². The van der Waals surface area contributed by atoms with Crippen molar-refractivity contribution in [2.75, 3.05) is 11.9 Å². The van der Waals surface area contributed by atoms with Gasteiger partial charge in [0.25, 0.3) is 11.6 Å². The van der Waals surface area contributed by atoms with E-state index in [1.165, 1.54) is 18.3 Å². The number of halogens is 1. The largest absolute Gasteiger partial charge is 0.376 e. The van der Waals surface area contributed by atoms with Gasteiger partial charge in [0.2, 0.25) is 0 Å². The highest BCUT2D eigenvalue weighted by Crippen LogP contribution is 2.22. The van der Waals surface area contributed by atoms with E-state index in [2.05, 4.69) is 15.8 Å². The molecule has 0 saturated heterocycles. The second-order valence-electron chi connectivity index (χ2n) is 4.91. The number of nitro benzene ring substituents is 1. The number of rotatable bonds is 6. The van der Waals surface area contributed by atoms with Crippen molar-refractivity contribution in [1.82, 2.24) is 5.43 Å². The van der Waals surface area contributed by atoms with Gasteiger partial charge < -0.3 is 5.32 Å². The lowest BCUT2D eigenvalue weighted by Gasteiger charge is -2.09. The monoisotopic (exact) mass is 346 g/mol. The van der Waals surface area contributed by atoms with E-state index in [-0.39, 0.29) is 18.1 Å². The Morgan fingerprint density at radius 1 is 1.29 bits per heavy atom. The topological polar surface area (TPSA) is 96.6 Å². The molecule has 2 aromatic carbocycles. The smallest absolute Gasteiger partial charge is 0.269 e. The molecule has 2 rings (SSSR count). The number of carbonyl (C=O) groups excluding carboxylic acids is 1. The summed E-state index contributed by atoms with van der Waals surface area (Å²) < 4.78 is 0. The number of benzene rings is 2. The molecule has 2 aromatic rings. The third kappa shape index (κ3) is 4.79. The number of hydrogen-bond acceptors (Lipinski definition) is 5. The fourth-order valence-electron chi connectivity index (χ4n) is 1.87. The zero-order valence-corrected chi connectivity index (χ0v) is 13.6. The molecule has 0 radical (unpaired) electrons. The van der Waals surface area contributed by atoms with Crippen molar-refractivity contribution in [3.8, 4) is 0 Å². The van der Waals surface area contributed by atoms with Gasteiger partial charge >= 0.3 is 0 Å². The Morgan fingerprint density at radius 3 is 2.67 bits per heavy atom. The summed E-state index contributed by atoms with van der Waals surface area (Å²) in [6.07, 6.45) is 1.41. The van der Waals surface area contributed by atoms with Crippen LogP contribution in [0.1, 0.15) is 11.1 Å². The van der Waals surface area contributed by atoms with Crippen LogP contribution < -0.4 is 10.7 Å². The molecule has 0 aliphatic rings.